The Labute approximate surface area is 212 Å². The minimum Gasteiger partial charge on any atom is -0.247 e. The Balaban J connectivity index is 1.63. The molecule has 0 spiro atoms. The van der Waals surface area contributed by atoms with E-state index in [-0.39, 0.29) is 5.57 Å². The smallest absolute Gasteiger partial charge is 0.146 e. The van der Waals surface area contributed by atoms with Gasteiger partial charge in [-0.3, -0.25) is 0 Å². The number of aromatic nitrogens is 2. The summed E-state index contributed by atoms with van der Waals surface area (Å²) in [4.78, 5) is 11.9. The maximum Gasteiger partial charge on any atom is 0.146 e. The molecule has 0 aliphatic heterocycles. The molecule has 3 heterocycles. The van der Waals surface area contributed by atoms with Gasteiger partial charge in [-0.15, -0.1) is 22.7 Å². The van der Waals surface area contributed by atoms with Gasteiger partial charge in [-0.25, -0.2) is 9.97 Å². The van der Waals surface area contributed by atoms with Crippen LogP contribution in [-0.2, 0) is 0 Å². The van der Waals surface area contributed by atoms with Crippen LogP contribution < -0.4 is 0 Å². The van der Waals surface area contributed by atoms with Crippen LogP contribution in [0.2, 0.25) is 0 Å². The van der Waals surface area contributed by atoms with Crippen molar-refractivity contribution in [2.75, 3.05) is 0 Å². The number of hydrogen-bond donors (Lipinski definition) is 0. The van der Waals surface area contributed by atoms with E-state index in [1.165, 1.54) is 11.3 Å². The molecule has 36 heavy (non-hydrogen) atoms. The van der Waals surface area contributed by atoms with Crippen LogP contribution in [0.15, 0.2) is 54.1 Å². The first kappa shape index (κ1) is 20.5. The van der Waals surface area contributed by atoms with Gasteiger partial charge in [0.25, 0.3) is 0 Å². The summed E-state index contributed by atoms with van der Waals surface area (Å²) in [6.07, 6.45) is 0. The highest BCUT2D eigenvalue weighted by molar-refractivity contribution is 7.21. The lowest BCUT2D eigenvalue weighted by atomic mass is 9.93. The van der Waals surface area contributed by atoms with Gasteiger partial charge in [0, 0.05) is 46.6 Å². The van der Waals surface area contributed by atoms with Crippen molar-refractivity contribution in [3.05, 3.63) is 75.2 Å². The van der Waals surface area contributed by atoms with E-state index in [0.29, 0.717) is 28.3 Å². The number of benzene rings is 2. The molecule has 0 fully saturated rings. The molecular weight excluding hydrogens is 484 g/mol. The Morgan fingerprint density at radius 3 is 2.06 bits per heavy atom. The average Bonchev–Trinajstić information content (AvgIpc) is 3.62. The van der Waals surface area contributed by atoms with Crippen molar-refractivity contribution in [2.45, 2.75) is 5.92 Å². The molecule has 0 saturated heterocycles. The van der Waals surface area contributed by atoms with Crippen molar-refractivity contribution in [3.63, 3.8) is 0 Å². The molecule has 7 rings (SSSR count). The molecule has 3 aromatic heterocycles. The van der Waals surface area contributed by atoms with Gasteiger partial charge in [0.2, 0.25) is 0 Å². The monoisotopic (exact) mass is 494 g/mol. The molecule has 5 aromatic rings. The van der Waals surface area contributed by atoms with Gasteiger partial charge in [-0.05, 0) is 12.1 Å². The molecule has 164 valence electrons. The predicted octanol–water partition coefficient (Wildman–Crippen LogP) is 6.51. The fourth-order valence-corrected chi connectivity index (χ4v) is 7.87. The van der Waals surface area contributed by atoms with Gasteiger partial charge in [-0.2, -0.15) is 21.0 Å². The lowest BCUT2D eigenvalue weighted by Crippen LogP contribution is -2.10. The SMILES string of the molecule is N#CC(C#N)=C1c2nc3c(nc2-c2c1sc1ccccc21)C(C(C#N)C#N)c1sc2ccccc2c1-3. The second-order valence-electron chi connectivity index (χ2n) is 8.48. The molecule has 6 nitrogen and oxygen atoms in total. The zero-order chi connectivity index (χ0) is 24.6. The maximum atomic E-state index is 9.86. The van der Waals surface area contributed by atoms with Gasteiger partial charge < -0.3 is 0 Å². The van der Waals surface area contributed by atoms with Crippen molar-refractivity contribution >= 4 is 48.4 Å². The molecule has 8 heteroatoms. The van der Waals surface area contributed by atoms with Crippen LogP contribution in [0.4, 0.5) is 0 Å². The predicted molar refractivity (Wildman–Crippen MR) is 137 cm³/mol. The number of thiophene rings is 2. The Morgan fingerprint density at radius 1 is 0.750 bits per heavy atom. The first-order valence-electron chi connectivity index (χ1n) is 11.0. The van der Waals surface area contributed by atoms with Crippen LogP contribution in [0.3, 0.4) is 0 Å². The van der Waals surface area contributed by atoms with E-state index >= 15 is 0 Å². The summed E-state index contributed by atoms with van der Waals surface area (Å²) in [6, 6.07) is 24.3. The van der Waals surface area contributed by atoms with Gasteiger partial charge in [0.15, 0.2) is 0 Å². The number of fused-ring (bicyclic) bond motifs is 10. The highest BCUT2D eigenvalue weighted by Gasteiger charge is 2.43. The zero-order valence-corrected chi connectivity index (χ0v) is 19.9. The first-order valence-corrected chi connectivity index (χ1v) is 12.6. The molecule has 1 unspecified atom stereocenters. The van der Waals surface area contributed by atoms with Crippen LogP contribution in [0, 0.1) is 51.2 Å². The number of hydrogen-bond acceptors (Lipinski definition) is 8. The van der Waals surface area contributed by atoms with Crippen LogP contribution in [0.25, 0.3) is 48.3 Å². The van der Waals surface area contributed by atoms with E-state index in [9.17, 15) is 21.0 Å². The minimum absolute atomic E-state index is 0.00678. The number of nitriles is 4. The Kier molecular flexibility index (Phi) is 4.17. The van der Waals surface area contributed by atoms with Crippen molar-refractivity contribution in [1.82, 2.24) is 9.97 Å². The standard InChI is InChI=1S/C28H10N6S2/c29-9-13(10-30)19-23-25(21-15-5-1-3-7-17(15)35-27(19)21)33-24-20(14(11-31)12-32)28-22(26(24)34-23)16-6-2-4-8-18(16)36-28/h1-8,13,19H. The van der Waals surface area contributed by atoms with E-state index in [0.717, 1.165) is 41.1 Å². The van der Waals surface area contributed by atoms with Crippen molar-refractivity contribution in [2.24, 2.45) is 5.92 Å². The summed E-state index contributed by atoms with van der Waals surface area (Å²) in [7, 11) is 0. The van der Waals surface area contributed by atoms with Crippen LogP contribution in [0.5, 0.6) is 0 Å². The maximum absolute atomic E-state index is 9.86. The Bertz CT molecular complexity index is 1990. The molecule has 2 aliphatic carbocycles. The summed E-state index contributed by atoms with van der Waals surface area (Å²) in [5.41, 5.74) is 4.56. The summed E-state index contributed by atoms with van der Waals surface area (Å²) in [6.45, 7) is 0. The molecule has 0 bridgehead atoms. The van der Waals surface area contributed by atoms with Crippen molar-refractivity contribution in [3.8, 4) is 46.8 Å². The highest BCUT2D eigenvalue weighted by Crippen LogP contribution is 2.57. The van der Waals surface area contributed by atoms with Crippen LogP contribution in [0.1, 0.15) is 27.1 Å². The minimum atomic E-state index is -0.922. The molecule has 0 amide bonds. The Morgan fingerprint density at radius 2 is 1.39 bits per heavy atom. The Hall–Kier alpha value is -4.86. The van der Waals surface area contributed by atoms with Gasteiger partial charge in [0.05, 0.1) is 35.1 Å². The lowest BCUT2D eigenvalue weighted by molar-refractivity contribution is 0.713. The molecule has 2 aliphatic rings. The van der Waals surface area contributed by atoms with E-state index in [1.54, 1.807) is 11.3 Å². The molecule has 0 N–H and O–H groups in total. The molecule has 2 aromatic carbocycles. The van der Waals surface area contributed by atoms with Crippen LogP contribution >= 0.6 is 22.7 Å². The third-order valence-electron chi connectivity index (χ3n) is 6.74. The first-order chi connectivity index (χ1) is 17.7. The third kappa shape index (κ3) is 2.45. The van der Waals surface area contributed by atoms with E-state index in [2.05, 4.69) is 12.1 Å². The van der Waals surface area contributed by atoms with Crippen molar-refractivity contribution in [1.29, 1.82) is 21.0 Å². The van der Waals surface area contributed by atoms with Gasteiger partial charge in [0.1, 0.15) is 29.3 Å². The zero-order valence-electron chi connectivity index (χ0n) is 18.3. The second-order valence-corrected chi connectivity index (χ2v) is 10.6. The topological polar surface area (TPSA) is 121 Å². The summed E-state index contributed by atoms with van der Waals surface area (Å²) >= 11 is 3.07. The molecular formula is C28H10N6S2. The van der Waals surface area contributed by atoms with E-state index in [1.807, 2.05) is 60.7 Å². The van der Waals surface area contributed by atoms with Crippen molar-refractivity contribution < 1.29 is 0 Å². The summed E-state index contributed by atoms with van der Waals surface area (Å²) in [5.74, 6) is -1.44. The fourth-order valence-electron chi connectivity index (χ4n) is 5.27. The second kappa shape index (κ2) is 7.32. The highest BCUT2D eigenvalue weighted by atomic mass is 32.1. The quantitative estimate of drug-likeness (QED) is 0.240. The fraction of sp³-hybridized carbons (Fsp3) is 0.0714. The van der Waals surface area contributed by atoms with E-state index in [4.69, 9.17) is 9.97 Å². The van der Waals surface area contributed by atoms with Gasteiger partial charge in [-0.1, -0.05) is 36.4 Å². The lowest BCUT2D eigenvalue weighted by Gasteiger charge is -2.13. The molecule has 1 atom stereocenters. The third-order valence-corrected chi connectivity index (χ3v) is 9.18. The molecule has 0 radical (unpaired) electrons. The molecule has 0 saturated carbocycles. The number of nitrogens with zero attached hydrogens (tertiary/aromatic N) is 6. The largest absolute Gasteiger partial charge is 0.247 e. The average molecular weight is 495 g/mol. The summed E-state index contributed by atoms with van der Waals surface area (Å²) < 4.78 is 2.07. The van der Waals surface area contributed by atoms with Crippen LogP contribution in [-0.4, -0.2) is 9.97 Å². The van der Waals surface area contributed by atoms with E-state index < -0.39 is 11.8 Å². The number of allylic oxidation sites excluding steroid dienone is 1. The number of rotatable bonds is 1. The summed E-state index contributed by atoms with van der Waals surface area (Å²) in [5, 5.41) is 41.3. The normalized spacial score (nSPS) is 14.5. The van der Waals surface area contributed by atoms with Gasteiger partial charge >= 0.3 is 0 Å².